The Kier molecular flexibility index (Phi) is 6.38. The van der Waals surface area contributed by atoms with Crippen LogP contribution in [0.25, 0.3) is 17.1 Å². The summed E-state index contributed by atoms with van der Waals surface area (Å²) in [5.74, 6) is 1.36. The molecule has 0 saturated carbocycles. The molecule has 0 bridgehead atoms. The number of rotatable bonds is 8. The second-order valence-corrected chi connectivity index (χ2v) is 7.95. The molecule has 5 nitrogen and oxygen atoms in total. The van der Waals surface area contributed by atoms with Crippen molar-refractivity contribution in [2.45, 2.75) is 18.7 Å². The van der Waals surface area contributed by atoms with Crippen LogP contribution in [-0.2, 0) is 0 Å². The summed E-state index contributed by atoms with van der Waals surface area (Å²) in [6.07, 6.45) is 1.86. The molecule has 0 aliphatic heterocycles. The van der Waals surface area contributed by atoms with Crippen LogP contribution in [0.3, 0.4) is 0 Å². The fourth-order valence-electron chi connectivity index (χ4n) is 3.19. The first-order valence-electron chi connectivity index (χ1n) is 10.2. The number of aromatic nitrogens is 2. The highest BCUT2D eigenvalue weighted by Gasteiger charge is 2.11. The van der Waals surface area contributed by atoms with Gasteiger partial charge in [0.15, 0.2) is 11.6 Å². The minimum atomic E-state index is 0.675. The predicted molar refractivity (Wildman–Crippen MR) is 134 cm³/mol. The lowest BCUT2D eigenvalue weighted by atomic mass is 10.1. The first-order chi connectivity index (χ1) is 15.2. The highest BCUT2D eigenvalue weighted by Crippen LogP contribution is 2.30. The highest BCUT2D eigenvalue weighted by molar-refractivity contribution is 8.00. The molecule has 3 N–H and O–H groups in total. The van der Waals surface area contributed by atoms with Crippen molar-refractivity contribution in [2.75, 3.05) is 21.9 Å². The van der Waals surface area contributed by atoms with Crippen molar-refractivity contribution in [2.24, 2.45) is 0 Å². The van der Waals surface area contributed by atoms with Crippen LogP contribution in [0.5, 0.6) is 0 Å². The van der Waals surface area contributed by atoms with Gasteiger partial charge in [-0.15, -0.1) is 0 Å². The van der Waals surface area contributed by atoms with Crippen LogP contribution < -0.4 is 15.4 Å². The molecule has 0 fully saturated rings. The third kappa shape index (κ3) is 4.98. The second kappa shape index (κ2) is 9.53. The third-order valence-electron chi connectivity index (χ3n) is 4.83. The van der Waals surface area contributed by atoms with E-state index in [9.17, 15) is 0 Å². The summed E-state index contributed by atoms with van der Waals surface area (Å²) >= 11 is 1.51. The van der Waals surface area contributed by atoms with Gasteiger partial charge in [-0.05, 0) is 85.5 Å². The summed E-state index contributed by atoms with van der Waals surface area (Å²) in [6, 6.07) is 22.3. The van der Waals surface area contributed by atoms with E-state index in [2.05, 4.69) is 72.2 Å². The lowest BCUT2D eigenvalue weighted by Crippen LogP contribution is -2.02. The number of para-hydroxylation sites is 2. The Bertz CT molecular complexity index is 1200. The average Bonchev–Trinajstić information content (AvgIpc) is 2.80. The lowest BCUT2D eigenvalue weighted by Gasteiger charge is -2.14. The summed E-state index contributed by atoms with van der Waals surface area (Å²) < 4.78 is 3.37. The zero-order chi connectivity index (χ0) is 21.6. The molecule has 0 atom stereocenters. The Hall–Kier alpha value is -3.51. The maximum Gasteiger partial charge on any atom is 0.180 e. The summed E-state index contributed by atoms with van der Waals surface area (Å²) in [6.45, 7) is 8.96. The summed E-state index contributed by atoms with van der Waals surface area (Å²) in [4.78, 5) is 10.7. The maximum absolute atomic E-state index is 4.81. The minimum absolute atomic E-state index is 0.675. The number of benzene rings is 3. The average molecular weight is 428 g/mol. The van der Waals surface area contributed by atoms with Gasteiger partial charge in [0, 0.05) is 22.8 Å². The van der Waals surface area contributed by atoms with Crippen LogP contribution in [0.1, 0.15) is 18.1 Å². The van der Waals surface area contributed by atoms with Gasteiger partial charge in [-0.1, -0.05) is 30.9 Å². The van der Waals surface area contributed by atoms with Gasteiger partial charge in [-0.25, -0.2) is 9.97 Å². The number of nitrogens with zero attached hydrogens (tertiary/aromatic N) is 2. The standard InChI is InChI=1S/C25H25N5S/c1-4-18-16-20(11-10-17(18)3)27-24-25(29-23-9-7-6-8-22(23)28-24)30-31-21-14-12-19(13-15-21)26-5-2/h4,6-16,26H,1,5H2,2-3H3,(H,27,28)(H,29,30). The van der Waals surface area contributed by atoms with Crippen molar-refractivity contribution in [3.05, 3.63) is 84.4 Å². The van der Waals surface area contributed by atoms with Crippen LogP contribution in [-0.4, -0.2) is 16.5 Å². The van der Waals surface area contributed by atoms with E-state index in [0.717, 1.165) is 39.4 Å². The summed E-state index contributed by atoms with van der Waals surface area (Å²) in [5.41, 5.74) is 6.00. The zero-order valence-corrected chi connectivity index (χ0v) is 18.5. The molecule has 0 radical (unpaired) electrons. The van der Waals surface area contributed by atoms with Crippen LogP contribution in [0.15, 0.2) is 78.2 Å². The van der Waals surface area contributed by atoms with Crippen LogP contribution >= 0.6 is 11.9 Å². The summed E-state index contributed by atoms with van der Waals surface area (Å²) in [7, 11) is 0. The molecular formula is C25H25N5S. The molecule has 0 unspecified atom stereocenters. The Labute approximate surface area is 187 Å². The number of aryl methyl sites for hydroxylation is 1. The number of nitrogens with one attached hydrogen (secondary N) is 3. The van der Waals surface area contributed by atoms with Crippen molar-refractivity contribution < 1.29 is 0 Å². The van der Waals surface area contributed by atoms with E-state index >= 15 is 0 Å². The Morgan fingerprint density at radius 1 is 0.903 bits per heavy atom. The first-order valence-corrected chi connectivity index (χ1v) is 11.0. The number of anilines is 4. The number of hydrogen-bond acceptors (Lipinski definition) is 6. The monoisotopic (exact) mass is 427 g/mol. The molecule has 4 rings (SSSR count). The fourth-order valence-corrected chi connectivity index (χ4v) is 3.81. The van der Waals surface area contributed by atoms with Gasteiger partial charge in [0.25, 0.3) is 0 Å². The normalized spacial score (nSPS) is 10.6. The fraction of sp³-hybridized carbons (Fsp3) is 0.120. The molecule has 0 saturated heterocycles. The van der Waals surface area contributed by atoms with Crippen LogP contribution in [0.2, 0.25) is 0 Å². The molecule has 0 aliphatic rings. The van der Waals surface area contributed by atoms with Gasteiger partial charge in [0.1, 0.15) is 0 Å². The topological polar surface area (TPSA) is 61.9 Å². The lowest BCUT2D eigenvalue weighted by molar-refractivity contribution is 1.21. The van der Waals surface area contributed by atoms with Crippen molar-refractivity contribution in [1.29, 1.82) is 0 Å². The van der Waals surface area contributed by atoms with Gasteiger partial charge < -0.3 is 15.4 Å². The van der Waals surface area contributed by atoms with Gasteiger partial charge in [0.05, 0.1) is 11.0 Å². The van der Waals surface area contributed by atoms with Crippen LogP contribution in [0.4, 0.5) is 23.0 Å². The Morgan fingerprint density at radius 3 is 2.26 bits per heavy atom. The quantitative estimate of drug-likeness (QED) is 0.267. The summed E-state index contributed by atoms with van der Waals surface area (Å²) in [5, 5.41) is 6.73. The zero-order valence-electron chi connectivity index (χ0n) is 17.6. The number of hydrogen-bond donors (Lipinski definition) is 3. The van der Waals surface area contributed by atoms with E-state index in [1.54, 1.807) is 0 Å². The molecule has 1 heterocycles. The molecule has 0 amide bonds. The van der Waals surface area contributed by atoms with Gasteiger partial charge in [0.2, 0.25) is 0 Å². The Balaban J connectivity index is 1.62. The highest BCUT2D eigenvalue weighted by atomic mass is 32.2. The SMILES string of the molecule is C=Cc1cc(Nc2nc3ccccc3nc2NSc2ccc(NCC)cc2)ccc1C. The van der Waals surface area contributed by atoms with Gasteiger partial charge in [-0.2, -0.15) is 0 Å². The second-order valence-electron chi connectivity index (χ2n) is 7.07. The molecule has 31 heavy (non-hydrogen) atoms. The van der Waals surface area contributed by atoms with E-state index in [0.29, 0.717) is 11.6 Å². The molecule has 4 aromatic rings. The molecule has 0 spiro atoms. The van der Waals surface area contributed by atoms with Gasteiger partial charge in [-0.3, -0.25) is 0 Å². The Morgan fingerprint density at radius 2 is 1.58 bits per heavy atom. The number of fused-ring (bicyclic) bond motifs is 1. The predicted octanol–water partition coefficient (Wildman–Crippen LogP) is 6.88. The maximum atomic E-state index is 4.81. The smallest absolute Gasteiger partial charge is 0.180 e. The van der Waals surface area contributed by atoms with Crippen molar-refractivity contribution >= 4 is 52.1 Å². The van der Waals surface area contributed by atoms with Crippen molar-refractivity contribution in [3.63, 3.8) is 0 Å². The van der Waals surface area contributed by atoms with E-state index in [4.69, 9.17) is 9.97 Å². The van der Waals surface area contributed by atoms with E-state index in [1.165, 1.54) is 17.5 Å². The first kappa shape index (κ1) is 20.8. The molecule has 0 aliphatic carbocycles. The molecule has 6 heteroatoms. The van der Waals surface area contributed by atoms with E-state index < -0.39 is 0 Å². The van der Waals surface area contributed by atoms with Crippen LogP contribution in [0, 0.1) is 6.92 Å². The van der Waals surface area contributed by atoms with Gasteiger partial charge >= 0.3 is 0 Å². The third-order valence-corrected chi connectivity index (χ3v) is 5.64. The van der Waals surface area contributed by atoms with E-state index in [1.807, 2.05) is 36.4 Å². The molecule has 156 valence electrons. The van der Waals surface area contributed by atoms with E-state index in [-0.39, 0.29) is 0 Å². The molecule has 3 aromatic carbocycles. The minimum Gasteiger partial charge on any atom is -0.385 e. The van der Waals surface area contributed by atoms with Crippen molar-refractivity contribution in [3.8, 4) is 0 Å². The largest absolute Gasteiger partial charge is 0.385 e. The molecule has 1 aromatic heterocycles. The molecular weight excluding hydrogens is 402 g/mol. The van der Waals surface area contributed by atoms with Crippen molar-refractivity contribution in [1.82, 2.24) is 9.97 Å².